The fourth-order valence-electron chi connectivity index (χ4n) is 2.06. The van der Waals surface area contributed by atoms with Gasteiger partial charge in [0.2, 0.25) is 0 Å². The zero-order valence-corrected chi connectivity index (χ0v) is 15.1. The summed E-state index contributed by atoms with van der Waals surface area (Å²) in [4.78, 5) is 25.0. The van der Waals surface area contributed by atoms with E-state index >= 15 is 0 Å². The molecule has 2 aromatic rings. The molecule has 0 saturated heterocycles. The molecule has 1 aromatic carbocycles. The van der Waals surface area contributed by atoms with E-state index in [0.717, 1.165) is 11.1 Å². The van der Waals surface area contributed by atoms with Gasteiger partial charge in [0.05, 0.1) is 23.8 Å². The van der Waals surface area contributed by atoms with Crippen molar-refractivity contribution in [2.75, 3.05) is 0 Å². The molecular formula is C18H20ClN5O. The molecule has 25 heavy (non-hydrogen) atoms. The summed E-state index contributed by atoms with van der Waals surface area (Å²) in [6.07, 6.45) is 5.92. The smallest absolute Gasteiger partial charge is 0.255 e. The first kappa shape index (κ1) is 18.6. The molecule has 0 saturated carbocycles. The van der Waals surface area contributed by atoms with Crippen molar-refractivity contribution in [3.05, 3.63) is 58.8 Å². The van der Waals surface area contributed by atoms with Crippen molar-refractivity contribution in [2.24, 2.45) is 10.7 Å². The van der Waals surface area contributed by atoms with Crippen molar-refractivity contribution in [3.63, 3.8) is 0 Å². The standard InChI is InChI=1S/C18H20ClN5O/c1-11(2)22-8-14(7-20)23-18(25)13-5-4-12(3)15(6-13)16-9-21-10-17(19)24-16/h4-11H,20H2,1-3H3,(H,23,25). The van der Waals surface area contributed by atoms with Gasteiger partial charge in [0.1, 0.15) is 5.15 Å². The van der Waals surface area contributed by atoms with E-state index in [0.29, 0.717) is 22.1 Å². The summed E-state index contributed by atoms with van der Waals surface area (Å²) < 4.78 is 0. The van der Waals surface area contributed by atoms with Crippen LogP contribution in [0.1, 0.15) is 29.8 Å². The molecule has 2 rings (SSSR count). The van der Waals surface area contributed by atoms with Gasteiger partial charge in [0.15, 0.2) is 0 Å². The van der Waals surface area contributed by atoms with E-state index in [1.54, 1.807) is 24.5 Å². The molecule has 0 fully saturated rings. The average molecular weight is 358 g/mol. The van der Waals surface area contributed by atoms with Crippen molar-refractivity contribution >= 4 is 23.7 Å². The van der Waals surface area contributed by atoms with Gasteiger partial charge in [-0.25, -0.2) is 4.98 Å². The van der Waals surface area contributed by atoms with Gasteiger partial charge < -0.3 is 11.1 Å². The van der Waals surface area contributed by atoms with E-state index in [1.807, 2.05) is 26.8 Å². The lowest BCUT2D eigenvalue weighted by atomic mass is 10.0. The second-order valence-corrected chi connectivity index (χ2v) is 6.09. The third-order valence-corrected chi connectivity index (χ3v) is 3.51. The monoisotopic (exact) mass is 357 g/mol. The summed E-state index contributed by atoms with van der Waals surface area (Å²) in [5.74, 6) is -0.289. The molecule has 1 amide bonds. The predicted molar refractivity (Wildman–Crippen MR) is 101 cm³/mol. The van der Waals surface area contributed by atoms with Gasteiger partial charge in [0, 0.05) is 29.6 Å². The van der Waals surface area contributed by atoms with E-state index in [9.17, 15) is 4.79 Å². The van der Waals surface area contributed by atoms with Gasteiger partial charge in [-0.15, -0.1) is 0 Å². The number of hydrogen-bond acceptors (Lipinski definition) is 5. The first-order chi connectivity index (χ1) is 11.9. The summed E-state index contributed by atoms with van der Waals surface area (Å²) in [6, 6.07) is 5.44. The van der Waals surface area contributed by atoms with E-state index in [2.05, 4.69) is 20.3 Å². The molecule has 130 valence electrons. The molecule has 0 atom stereocenters. The highest BCUT2D eigenvalue weighted by Crippen LogP contribution is 2.23. The number of aliphatic imine (C=N–C) groups is 1. The number of aromatic nitrogens is 2. The number of rotatable bonds is 5. The van der Waals surface area contributed by atoms with Crippen molar-refractivity contribution in [1.82, 2.24) is 15.3 Å². The molecule has 6 nitrogen and oxygen atoms in total. The van der Waals surface area contributed by atoms with Crippen LogP contribution in [0.5, 0.6) is 0 Å². The third-order valence-electron chi connectivity index (χ3n) is 3.33. The van der Waals surface area contributed by atoms with Crippen LogP contribution in [0.3, 0.4) is 0 Å². The highest BCUT2D eigenvalue weighted by Gasteiger charge is 2.12. The zero-order valence-electron chi connectivity index (χ0n) is 14.3. The number of benzene rings is 1. The SMILES string of the molecule is Cc1ccc(C(=O)NC(C=NC(C)C)=CN)cc1-c1cncc(Cl)n1. The van der Waals surface area contributed by atoms with Crippen molar-refractivity contribution in [3.8, 4) is 11.3 Å². The highest BCUT2D eigenvalue weighted by molar-refractivity contribution is 6.29. The average Bonchev–Trinajstić information content (AvgIpc) is 2.58. The van der Waals surface area contributed by atoms with Gasteiger partial charge in [-0.3, -0.25) is 14.8 Å². The number of nitrogens with zero attached hydrogens (tertiary/aromatic N) is 3. The number of hydrogen-bond donors (Lipinski definition) is 2. The first-order valence-corrected chi connectivity index (χ1v) is 8.13. The zero-order chi connectivity index (χ0) is 18.4. The lowest BCUT2D eigenvalue weighted by molar-refractivity contribution is 0.0968. The topological polar surface area (TPSA) is 93.3 Å². The minimum Gasteiger partial charge on any atom is -0.403 e. The Hall–Kier alpha value is -2.73. The Kier molecular flexibility index (Phi) is 6.25. The Labute approximate surface area is 151 Å². The van der Waals surface area contributed by atoms with Crippen molar-refractivity contribution < 1.29 is 4.79 Å². The van der Waals surface area contributed by atoms with Crippen LogP contribution < -0.4 is 11.1 Å². The van der Waals surface area contributed by atoms with Crippen LogP contribution in [0.15, 0.2) is 47.5 Å². The maximum atomic E-state index is 12.5. The molecular weight excluding hydrogens is 338 g/mol. The molecule has 0 spiro atoms. The number of carbonyl (C=O) groups is 1. The van der Waals surface area contributed by atoms with Gasteiger partial charge >= 0.3 is 0 Å². The van der Waals surface area contributed by atoms with Crippen LogP contribution >= 0.6 is 11.6 Å². The first-order valence-electron chi connectivity index (χ1n) is 7.75. The fourth-order valence-corrected chi connectivity index (χ4v) is 2.21. The van der Waals surface area contributed by atoms with Crippen LogP contribution in [0.25, 0.3) is 11.3 Å². The largest absolute Gasteiger partial charge is 0.403 e. The molecule has 0 bridgehead atoms. The molecule has 3 N–H and O–H groups in total. The van der Waals surface area contributed by atoms with Gasteiger partial charge in [-0.05, 0) is 38.5 Å². The lowest BCUT2D eigenvalue weighted by Gasteiger charge is -2.10. The second kappa shape index (κ2) is 8.39. The second-order valence-electron chi connectivity index (χ2n) is 5.70. The molecule has 0 radical (unpaired) electrons. The number of carbonyl (C=O) groups excluding carboxylic acids is 1. The molecule has 0 aliphatic carbocycles. The molecule has 1 heterocycles. The number of allylic oxidation sites excluding steroid dienone is 1. The normalized spacial score (nSPS) is 12.0. The Morgan fingerprint density at radius 3 is 2.76 bits per heavy atom. The summed E-state index contributed by atoms with van der Waals surface area (Å²) in [5, 5.41) is 3.03. The number of aryl methyl sites for hydroxylation is 1. The number of nitrogens with two attached hydrogens (primary N) is 1. The van der Waals surface area contributed by atoms with Crippen molar-refractivity contribution in [1.29, 1.82) is 0 Å². The van der Waals surface area contributed by atoms with Crippen LogP contribution in [0.4, 0.5) is 0 Å². The molecule has 0 aliphatic rings. The Bertz CT molecular complexity index is 830. The number of nitrogens with one attached hydrogen (secondary N) is 1. The molecule has 0 aliphatic heterocycles. The Morgan fingerprint density at radius 2 is 2.12 bits per heavy atom. The maximum Gasteiger partial charge on any atom is 0.255 e. The van der Waals surface area contributed by atoms with E-state index in [4.69, 9.17) is 17.3 Å². The molecule has 1 aromatic heterocycles. The lowest BCUT2D eigenvalue weighted by Crippen LogP contribution is -2.24. The summed E-state index contributed by atoms with van der Waals surface area (Å²) >= 11 is 5.91. The highest BCUT2D eigenvalue weighted by atomic mass is 35.5. The maximum absolute atomic E-state index is 12.5. The predicted octanol–water partition coefficient (Wildman–Crippen LogP) is 3.11. The third kappa shape index (κ3) is 5.12. The molecule has 0 unspecified atom stereocenters. The van der Waals surface area contributed by atoms with Crippen molar-refractivity contribution in [2.45, 2.75) is 26.8 Å². The summed E-state index contributed by atoms with van der Waals surface area (Å²) in [6.45, 7) is 5.80. The Morgan fingerprint density at radius 1 is 1.36 bits per heavy atom. The Balaban J connectivity index is 2.28. The summed E-state index contributed by atoms with van der Waals surface area (Å²) in [7, 11) is 0. The van der Waals surface area contributed by atoms with Gasteiger partial charge in [-0.1, -0.05) is 17.7 Å². The molecule has 7 heteroatoms. The fraction of sp³-hybridized carbons (Fsp3) is 0.222. The minimum absolute atomic E-state index is 0.110. The van der Waals surface area contributed by atoms with Crippen LogP contribution in [0, 0.1) is 6.92 Å². The number of amides is 1. The van der Waals surface area contributed by atoms with E-state index < -0.39 is 0 Å². The van der Waals surface area contributed by atoms with Crippen LogP contribution in [-0.2, 0) is 0 Å². The number of halogens is 1. The summed E-state index contributed by atoms with van der Waals surface area (Å²) in [5.41, 5.74) is 8.81. The van der Waals surface area contributed by atoms with Crippen LogP contribution in [0.2, 0.25) is 5.15 Å². The van der Waals surface area contributed by atoms with Crippen LogP contribution in [-0.4, -0.2) is 28.1 Å². The minimum atomic E-state index is -0.289. The van der Waals surface area contributed by atoms with E-state index in [1.165, 1.54) is 12.4 Å². The van der Waals surface area contributed by atoms with Gasteiger partial charge in [0.25, 0.3) is 5.91 Å². The quantitative estimate of drug-likeness (QED) is 0.804. The van der Waals surface area contributed by atoms with E-state index in [-0.39, 0.29) is 11.9 Å². The van der Waals surface area contributed by atoms with Gasteiger partial charge in [-0.2, -0.15) is 0 Å².